The molecule has 1 N–H and O–H groups in total. The third-order valence-corrected chi connectivity index (χ3v) is 4.84. The van der Waals surface area contributed by atoms with Crippen LogP contribution in [0.5, 0.6) is 0 Å². The number of nitrogens with one attached hydrogen (secondary N) is 1. The number of hydrogen-bond acceptors (Lipinski definition) is 2. The van der Waals surface area contributed by atoms with E-state index in [1.54, 1.807) is 4.90 Å². The summed E-state index contributed by atoms with van der Waals surface area (Å²) in [6, 6.07) is 17.5. The van der Waals surface area contributed by atoms with Gasteiger partial charge in [0.2, 0.25) is 11.8 Å². The van der Waals surface area contributed by atoms with Gasteiger partial charge in [-0.3, -0.25) is 9.59 Å². The van der Waals surface area contributed by atoms with Gasteiger partial charge in [0.05, 0.1) is 0 Å². The van der Waals surface area contributed by atoms with Gasteiger partial charge in [0.1, 0.15) is 6.04 Å². The van der Waals surface area contributed by atoms with Crippen molar-refractivity contribution in [3.8, 4) is 0 Å². The number of nitrogens with zero attached hydrogens (tertiary/aromatic N) is 1. The standard InChI is InChI=1S/C24H32N2O2/c1-4-6-15-25-24(28)22(17-20-12-8-7-9-13-20)26(23(27)5-2)18-21-14-10-11-19(3)16-21/h7-14,16,22H,4-6,15,17-18H2,1-3H3,(H,25,28). The SMILES string of the molecule is CCCCNC(=O)C(Cc1ccccc1)N(Cc1cccc(C)c1)C(=O)CC. The van der Waals surface area contributed by atoms with E-state index in [9.17, 15) is 9.59 Å². The largest absolute Gasteiger partial charge is 0.354 e. The zero-order valence-electron chi connectivity index (χ0n) is 17.3. The van der Waals surface area contributed by atoms with Crippen molar-refractivity contribution in [2.24, 2.45) is 0 Å². The van der Waals surface area contributed by atoms with Crippen molar-refractivity contribution in [1.82, 2.24) is 10.2 Å². The third-order valence-electron chi connectivity index (χ3n) is 4.84. The number of rotatable bonds is 10. The number of benzene rings is 2. The van der Waals surface area contributed by atoms with Crippen LogP contribution in [-0.2, 0) is 22.6 Å². The molecule has 0 bridgehead atoms. The van der Waals surface area contributed by atoms with E-state index in [4.69, 9.17) is 0 Å². The highest BCUT2D eigenvalue weighted by atomic mass is 16.2. The summed E-state index contributed by atoms with van der Waals surface area (Å²) in [7, 11) is 0. The summed E-state index contributed by atoms with van der Waals surface area (Å²) in [4.78, 5) is 27.6. The smallest absolute Gasteiger partial charge is 0.243 e. The van der Waals surface area contributed by atoms with Crippen molar-refractivity contribution in [3.05, 3.63) is 71.3 Å². The highest BCUT2D eigenvalue weighted by Crippen LogP contribution is 2.16. The molecule has 2 amide bonds. The lowest BCUT2D eigenvalue weighted by Gasteiger charge is -2.31. The Morgan fingerprint density at radius 3 is 2.36 bits per heavy atom. The first-order chi connectivity index (χ1) is 13.5. The molecule has 0 aromatic heterocycles. The van der Waals surface area contributed by atoms with E-state index in [1.807, 2.05) is 62.4 Å². The molecule has 150 valence electrons. The minimum absolute atomic E-state index is 0.00641. The maximum atomic E-state index is 13.0. The van der Waals surface area contributed by atoms with Gasteiger partial charge in [-0.2, -0.15) is 0 Å². The summed E-state index contributed by atoms with van der Waals surface area (Å²) in [6.07, 6.45) is 2.84. The first-order valence-electron chi connectivity index (χ1n) is 10.2. The van der Waals surface area contributed by atoms with Crippen molar-refractivity contribution in [2.45, 2.75) is 59.0 Å². The predicted octanol–water partition coefficient (Wildman–Crippen LogP) is 4.26. The Balaban J connectivity index is 2.30. The van der Waals surface area contributed by atoms with Crippen LogP contribution in [0.1, 0.15) is 49.8 Å². The van der Waals surface area contributed by atoms with Gasteiger partial charge in [0.15, 0.2) is 0 Å². The molecule has 0 aliphatic heterocycles. The van der Waals surface area contributed by atoms with E-state index in [-0.39, 0.29) is 11.8 Å². The van der Waals surface area contributed by atoms with Crippen molar-refractivity contribution in [2.75, 3.05) is 6.54 Å². The van der Waals surface area contributed by atoms with Crippen molar-refractivity contribution < 1.29 is 9.59 Å². The maximum absolute atomic E-state index is 13.0. The van der Waals surface area contributed by atoms with E-state index in [0.29, 0.717) is 25.9 Å². The van der Waals surface area contributed by atoms with Crippen LogP contribution in [0, 0.1) is 6.92 Å². The molecule has 1 unspecified atom stereocenters. The molecule has 2 aromatic rings. The summed E-state index contributed by atoms with van der Waals surface area (Å²) < 4.78 is 0. The molecule has 0 radical (unpaired) electrons. The average molecular weight is 381 g/mol. The summed E-state index contributed by atoms with van der Waals surface area (Å²) in [5, 5.41) is 3.03. The highest BCUT2D eigenvalue weighted by Gasteiger charge is 2.29. The Labute approximate surface area is 169 Å². The Kier molecular flexibility index (Phi) is 8.73. The van der Waals surface area contributed by atoms with Crippen LogP contribution >= 0.6 is 0 Å². The van der Waals surface area contributed by atoms with Gasteiger partial charge in [0, 0.05) is 25.9 Å². The zero-order chi connectivity index (χ0) is 20.4. The summed E-state index contributed by atoms with van der Waals surface area (Å²) in [6.45, 7) is 7.05. The number of carbonyl (C=O) groups is 2. The second kappa shape index (κ2) is 11.3. The topological polar surface area (TPSA) is 49.4 Å². The quantitative estimate of drug-likeness (QED) is 0.626. The van der Waals surface area contributed by atoms with Gasteiger partial charge in [0.25, 0.3) is 0 Å². The Morgan fingerprint density at radius 2 is 1.71 bits per heavy atom. The Morgan fingerprint density at radius 1 is 1.00 bits per heavy atom. The second-order valence-corrected chi connectivity index (χ2v) is 7.21. The maximum Gasteiger partial charge on any atom is 0.243 e. The van der Waals surface area contributed by atoms with E-state index in [0.717, 1.165) is 29.5 Å². The molecule has 0 fully saturated rings. The van der Waals surface area contributed by atoms with Crippen LogP contribution in [0.2, 0.25) is 0 Å². The van der Waals surface area contributed by atoms with Crippen LogP contribution in [0.15, 0.2) is 54.6 Å². The third kappa shape index (κ3) is 6.52. The number of aryl methyl sites for hydroxylation is 1. The summed E-state index contributed by atoms with van der Waals surface area (Å²) in [5.41, 5.74) is 3.24. The molecule has 0 heterocycles. The lowest BCUT2D eigenvalue weighted by molar-refractivity contribution is -0.141. The lowest BCUT2D eigenvalue weighted by atomic mass is 10.0. The van der Waals surface area contributed by atoms with Gasteiger partial charge in [-0.05, 0) is 24.5 Å². The number of carbonyl (C=O) groups excluding carboxylic acids is 2. The van der Waals surface area contributed by atoms with E-state index >= 15 is 0 Å². The normalized spacial score (nSPS) is 11.7. The van der Waals surface area contributed by atoms with Crippen LogP contribution in [0.3, 0.4) is 0 Å². The average Bonchev–Trinajstić information content (AvgIpc) is 2.71. The fraction of sp³-hybridized carbons (Fsp3) is 0.417. The summed E-state index contributed by atoms with van der Waals surface area (Å²) in [5.74, 6) is -0.0835. The van der Waals surface area contributed by atoms with Crippen LogP contribution in [0.4, 0.5) is 0 Å². The fourth-order valence-corrected chi connectivity index (χ4v) is 3.27. The van der Waals surface area contributed by atoms with Gasteiger partial charge in [-0.1, -0.05) is 80.4 Å². The Hall–Kier alpha value is -2.62. The van der Waals surface area contributed by atoms with Crippen molar-refractivity contribution in [3.63, 3.8) is 0 Å². The van der Waals surface area contributed by atoms with Crippen LogP contribution < -0.4 is 5.32 Å². The van der Waals surface area contributed by atoms with Gasteiger partial charge in [-0.25, -0.2) is 0 Å². The number of amides is 2. The molecule has 0 aliphatic rings. The van der Waals surface area contributed by atoms with Gasteiger partial charge < -0.3 is 10.2 Å². The van der Waals surface area contributed by atoms with Gasteiger partial charge in [-0.15, -0.1) is 0 Å². The molecular formula is C24H32N2O2. The van der Waals surface area contributed by atoms with Gasteiger partial charge >= 0.3 is 0 Å². The first kappa shape index (κ1) is 21.7. The number of unbranched alkanes of at least 4 members (excludes halogenated alkanes) is 1. The molecule has 0 saturated heterocycles. The van der Waals surface area contributed by atoms with E-state index in [1.165, 1.54) is 0 Å². The van der Waals surface area contributed by atoms with Crippen LogP contribution in [-0.4, -0.2) is 29.3 Å². The molecule has 4 heteroatoms. The molecular weight excluding hydrogens is 348 g/mol. The van der Waals surface area contributed by atoms with Crippen LogP contribution in [0.25, 0.3) is 0 Å². The predicted molar refractivity (Wildman–Crippen MR) is 114 cm³/mol. The molecule has 0 spiro atoms. The first-order valence-corrected chi connectivity index (χ1v) is 10.2. The molecule has 4 nitrogen and oxygen atoms in total. The van der Waals surface area contributed by atoms with E-state index < -0.39 is 6.04 Å². The molecule has 0 aliphatic carbocycles. The molecule has 2 rings (SSSR count). The van der Waals surface area contributed by atoms with Crippen molar-refractivity contribution >= 4 is 11.8 Å². The molecule has 2 aromatic carbocycles. The minimum Gasteiger partial charge on any atom is -0.354 e. The fourth-order valence-electron chi connectivity index (χ4n) is 3.27. The summed E-state index contributed by atoms with van der Waals surface area (Å²) >= 11 is 0. The minimum atomic E-state index is -0.521. The van der Waals surface area contributed by atoms with E-state index in [2.05, 4.69) is 18.3 Å². The molecule has 28 heavy (non-hydrogen) atoms. The second-order valence-electron chi connectivity index (χ2n) is 7.21. The molecule has 0 saturated carbocycles. The zero-order valence-corrected chi connectivity index (χ0v) is 17.3. The number of hydrogen-bond donors (Lipinski definition) is 1. The highest BCUT2D eigenvalue weighted by molar-refractivity contribution is 5.87. The monoisotopic (exact) mass is 380 g/mol. The lowest BCUT2D eigenvalue weighted by Crippen LogP contribution is -2.50. The Bertz CT molecular complexity index is 758. The van der Waals surface area contributed by atoms with Crippen molar-refractivity contribution in [1.29, 1.82) is 0 Å². The molecule has 1 atom stereocenters.